The lowest BCUT2D eigenvalue weighted by Gasteiger charge is -2.19. The summed E-state index contributed by atoms with van der Waals surface area (Å²) in [6.45, 7) is 1.83. The second-order valence-corrected chi connectivity index (χ2v) is 8.82. The van der Waals surface area contributed by atoms with Crippen LogP contribution in [0.4, 0.5) is 4.39 Å². The first kappa shape index (κ1) is 18.3. The molecule has 0 aliphatic carbocycles. The molecule has 8 heteroatoms. The largest absolute Gasteiger partial charge is 0.494 e. The van der Waals surface area contributed by atoms with Gasteiger partial charge in [-0.3, -0.25) is 0 Å². The SMILES string of the molecule is COc1ccc(S(=O)(=O)N2C[C@@H](CO)[C@@H](c3ccsc3)C2)c(C)c1F. The molecule has 2 heterocycles. The molecule has 0 radical (unpaired) electrons. The Morgan fingerprint density at radius 3 is 2.72 bits per heavy atom. The van der Waals surface area contributed by atoms with Gasteiger partial charge in [0.15, 0.2) is 11.6 Å². The van der Waals surface area contributed by atoms with E-state index >= 15 is 0 Å². The maximum atomic E-state index is 14.3. The summed E-state index contributed by atoms with van der Waals surface area (Å²) in [6, 6.07) is 4.65. The van der Waals surface area contributed by atoms with E-state index in [0.717, 1.165) is 5.56 Å². The van der Waals surface area contributed by atoms with Gasteiger partial charge in [0.25, 0.3) is 0 Å². The van der Waals surface area contributed by atoms with Crippen LogP contribution >= 0.6 is 11.3 Å². The van der Waals surface area contributed by atoms with Crippen LogP contribution in [0.5, 0.6) is 5.75 Å². The first-order chi connectivity index (χ1) is 11.9. The van der Waals surface area contributed by atoms with Crippen molar-refractivity contribution in [3.8, 4) is 5.75 Å². The zero-order valence-electron chi connectivity index (χ0n) is 14.0. The highest BCUT2D eigenvalue weighted by Crippen LogP contribution is 2.37. The smallest absolute Gasteiger partial charge is 0.243 e. The molecule has 1 aliphatic heterocycles. The molecule has 1 N–H and O–H groups in total. The van der Waals surface area contributed by atoms with Crippen molar-refractivity contribution in [3.63, 3.8) is 0 Å². The summed E-state index contributed by atoms with van der Waals surface area (Å²) in [6.07, 6.45) is 0. The maximum Gasteiger partial charge on any atom is 0.243 e. The summed E-state index contributed by atoms with van der Waals surface area (Å²) in [4.78, 5) is -0.0616. The van der Waals surface area contributed by atoms with E-state index in [9.17, 15) is 17.9 Å². The Morgan fingerprint density at radius 1 is 1.36 bits per heavy atom. The van der Waals surface area contributed by atoms with Crippen LogP contribution in [-0.2, 0) is 10.0 Å². The second-order valence-electron chi connectivity index (χ2n) is 6.13. The quantitative estimate of drug-likeness (QED) is 0.859. The molecular weight excluding hydrogens is 365 g/mol. The minimum atomic E-state index is -3.85. The lowest BCUT2D eigenvalue weighted by molar-refractivity contribution is 0.223. The van der Waals surface area contributed by atoms with Gasteiger partial charge in [-0.15, -0.1) is 0 Å². The van der Waals surface area contributed by atoms with E-state index in [1.165, 1.54) is 41.8 Å². The van der Waals surface area contributed by atoms with Crippen LogP contribution in [0.15, 0.2) is 33.9 Å². The number of aliphatic hydroxyl groups excluding tert-OH is 1. The molecule has 25 heavy (non-hydrogen) atoms. The third kappa shape index (κ3) is 3.19. The highest BCUT2D eigenvalue weighted by Gasteiger charge is 2.40. The van der Waals surface area contributed by atoms with Gasteiger partial charge in [0.05, 0.1) is 12.0 Å². The number of thiophene rings is 1. The van der Waals surface area contributed by atoms with Gasteiger partial charge in [-0.2, -0.15) is 15.6 Å². The molecule has 0 amide bonds. The number of methoxy groups -OCH3 is 1. The average Bonchev–Trinajstić information content (AvgIpc) is 3.25. The number of rotatable bonds is 5. The van der Waals surface area contributed by atoms with E-state index in [1.807, 2.05) is 16.8 Å². The summed E-state index contributed by atoms with van der Waals surface area (Å²) in [5.41, 5.74) is 1.07. The molecule has 136 valence electrons. The topological polar surface area (TPSA) is 66.8 Å². The summed E-state index contributed by atoms with van der Waals surface area (Å²) >= 11 is 1.54. The van der Waals surface area contributed by atoms with Gasteiger partial charge in [-0.05, 0) is 41.4 Å². The first-order valence-corrected chi connectivity index (χ1v) is 10.2. The number of ether oxygens (including phenoxy) is 1. The summed E-state index contributed by atoms with van der Waals surface area (Å²) < 4.78 is 46.6. The third-order valence-electron chi connectivity index (χ3n) is 4.75. The monoisotopic (exact) mass is 385 g/mol. The van der Waals surface area contributed by atoms with Crippen molar-refractivity contribution in [1.82, 2.24) is 4.31 Å². The van der Waals surface area contributed by atoms with Gasteiger partial charge in [-0.1, -0.05) is 0 Å². The summed E-state index contributed by atoms with van der Waals surface area (Å²) in [7, 11) is -2.52. The van der Waals surface area contributed by atoms with Crippen LogP contribution < -0.4 is 4.74 Å². The van der Waals surface area contributed by atoms with E-state index in [4.69, 9.17) is 4.74 Å². The van der Waals surface area contributed by atoms with E-state index < -0.39 is 15.8 Å². The molecule has 1 aliphatic rings. The first-order valence-electron chi connectivity index (χ1n) is 7.86. The lowest BCUT2D eigenvalue weighted by atomic mass is 9.92. The standard InChI is InChI=1S/C17H20FNO4S2/c1-11-16(4-3-15(23-2)17(11)18)25(21,22)19-7-13(9-20)14(8-19)12-5-6-24-10-12/h3-6,10,13-14,20H,7-9H2,1-2H3/t13-,14+/m0/s1. The summed E-state index contributed by atoms with van der Waals surface area (Å²) in [5.74, 6) is -0.889. The van der Waals surface area contributed by atoms with Gasteiger partial charge in [0.2, 0.25) is 10.0 Å². The van der Waals surface area contributed by atoms with Crippen LogP contribution in [0.1, 0.15) is 17.0 Å². The molecule has 1 aromatic heterocycles. The Kier molecular flexibility index (Phi) is 5.15. The van der Waals surface area contributed by atoms with E-state index in [1.54, 1.807) is 0 Å². The Morgan fingerprint density at radius 2 is 2.12 bits per heavy atom. The fraction of sp³-hybridized carbons (Fsp3) is 0.412. The van der Waals surface area contributed by atoms with Crippen molar-refractivity contribution in [2.75, 3.05) is 26.8 Å². The maximum absolute atomic E-state index is 14.3. The molecule has 0 unspecified atom stereocenters. The molecule has 1 aromatic carbocycles. The number of hydrogen-bond donors (Lipinski definition) is 1. The molecule has 0 saturated carbocycles. The number of nitrogens with zero attached hydrogens (tertiary/aromatic N) is 1. The number of halogens is 1. The van der Waals surface area contributed by atoms with E-state index in [2.05, 4.69) is 0 Å². The Labute approximate surface area is 150 Å². The Hall–Kier alpha value is -1.48. The van der Waals surface area contributed by atoms with Gasteiger partial charge in [-0.25, -0.2) is 12.8 Å². The zero-order chi connectivity index (χ0) is 18.2. The van der Waals surface area contributed by atoms with Gasteiger partial charge in [0.1, 0.15) is 0 Å². The molecule has 3 rings (SSSR count). The fourth-order valence-electron chi connectivity index (χ4n) is 3.30. The summed E-state index contributed by atoms with van der Waals surface area (Å²) in [5, 5.41) is 13.6. The number of sulfonamides is 1. The van der Waals surface area contributed by atoms with E-state index in [0.29, 0.717) is 0 Å². The molecule has 1 saturated heterocycles. The molecule has 0 spiro atoms. The van der Waals surface area contributed by atoms with Crippen molar-refractivity contribution >= 4 is 21.4 Å². The van der Waals surface area contributed by atoms with Gasteiger partial charge in [0, 0.05) is 37.1 Å². The van der Waals surface area contributed by atoms with Crippen LogP contribution in [0.25, 0.3) is 0 Å². The highest BCUT2D eigenvalue weighted by atomic mass is 32.2. The van der Waals surface area contributed by atoms with Crippen molar-refractivity contribution < 1.29 is 22.7 Å². The van der Waals surface area contributed by atoms with Crippen LogP contribution in [0.3, 0.4) is 0 Å². The molecule has 1 fully saturated rings. The molecular formula is C17H20FNO4S2. The number of aliphatic hydroxyl groups is 1. The lowest BCUT2D eigenvalue weighted by Crippen LogP contribution is -2.30. The predicted molar refractivity (Wildman–Crippen MR) is 94.1 cm³/mol. The molecule has 2 atom stereocenters. The van der Waals surface area contributed by atoms with Crippen molar-refractivity contribution in [2.45, 2.75) is 17.7 Å². The van der Waals surface area contributed by atoms with Crippen molar-refractivity contribution in [3.05, 3.63) is 45.9 Å². The average molecular weight is 385 g/mol. The minimum Gasteiger partial charge on any atom is -0.494 e. The minimum absolute atomic E-state index is 0.0160. The van der Waals surface area contributed by atoms with Gasteiger partial charge >= 0.3 is 0 Å². The molecule has 5 nitrogen and oxygen atoms in total. The van der Waals surface area contributed by atoms with Crippen LogP contribution in [-0.4, -0.2) is 44.6 Å². The Balaban J connectivity index is 1.95. The van der Waals surface area contributed by atoms with Crippen molar-refractivity contribution in [1.29, 1.82) is 0 Å². The van der Waals surface area contributed by atoms with E-state index in [-0.39, 0.29) is 47.7 Å². The normalized spacial score (nSPS) is 21.6. The van der Waals surface area contributed by atoms with Crippen LogP contribution in [0.2, 0.25) is 0 Å². The van der Waals surface area contributed by atoms with Gasteiger partial charge < -0.3 is 9.84 Å². The molecule has 0 bridgehead atoms. The zero-order valence-corrected chi connectivity index (χ0v) is 15.6. The number of hydrogen-bond acceptors (Lipinski definition) is 5. The van der Waals surface area contributed by atoms with Crippen LogP contribution in [0, 0.1) is 18.7 Å². The number of benzene rings is 1. The highest BCUT2D eigenvalue weighted by molar-refractivity contribution is 7.89. The fourth-order valence-corrected chi connectivity index (χ4v) is 5.76. The van der Waals surface area contributed by atoms with Crippen molar-refractivity contribution in [2.24, 2.45) is 5.92 Å². The predicted octanol–water partition coefficient (Wildman–Crippen LogP) is 2.60. The Bertz CT molecular complexity index is 852. The second kappa shape index (κ2) is 7.03. The molecule has 2 aromatic rings. The third-order valence-corrected chi connectivity index (χ3v) is 7.43.